The molecule has 2 fully saturated rings. The molecule has 11 nitrogen and oxygen atoms in total. The van der Waals surface area contributed by atoms with Crippen LogP contribution >= 0.6 is 12.2 Å². The highest BCUT2D eigenvalue weighted by Crippen LogP contribution is 2.44. The van der Waals surface area contributed by atoms with Gasteiger partial charge in [-0.05, 0) is 26.1 Å². The third-order valence-electron chi connectivity index (χ3n) is 4.97. The van der Waals surface area contributed by atoms with Gasteiger partial charge in [0.15, 0.2) is 27.9 Å². The molecule has 162 valence electrons. The molecule has 2 aliphatic rings. The molecule has 4 atom stereocenters. The molecule has 0 aromatic carbocycles. The summed E-state index contributed by atoms with van der Waals surface area (Å²) in [5, 5.41) is 0. The van der Waals surface area contributed by atoms with Crippen molar-refractivity contribution in [2.75, 3.05) is 12.3 Å². The topological polar surface area (TPSA) is 136 Å². The second kappa shape index (κ2) is 7.30. The number of esters is 1. The minimum atomic E-state index is -0.878. The van der Waals surface area contributed by atoms with Crippen molar-refractivity contribution in [1.29, 1.82) is 0 Å². The van der Waals surface area contributed by atoms with Crippen LogP contribution in [-0.4, -0.2) is 55.8 Å². The molecule has 2 saturated heterocycles. The van der Waals surface area contributed by atoms with Crippen LogP contribution in [0.5, 0.6) is 0 Å². The Balaban J connectivity index is 1.86. The number of H-pyrrole nitrogens is 1. The van der Waals surface area contributed by atoms with Crippen molar-refractivity contribution < 1.29 is 23.7 Å². The molecule has 0 radical (unpaired) electrons. The summed E-state index contributed by atoms with van der Waals surface area (Å²) >= 11 is 5.64. The van der Waals surface area contributed by atoms with Gasteiger partial charge in [0.2, 0.25) is 5.95 Å². The molecule has 30 heavy (non-hydrogen) atoms. The summed E-state index contributed by atoms with van der Waals surface area (Å²) in [6, 6.07) is 0. The predicted molar refractivity (Wildman–Crippen MR) is 108 cm³/mol. The lowest BCUT2D eigenvalue weighted by molar-refractivity contribution is -0.202. The number of nitrogens with zero attached hydrogens (tertiary/aromatic N) is 3. The van der Waals surface area contributed by atoms with E-state index in [0.717, 1.165) is 0 Å². The Morgan fingerprint density at radius 3 is 2.80 bits per heavy atom. The van der Waals surface area contributed by atoms with E-state index in [1.807, 2.05) is 0 Å². The van der Waals surface area contributed by atoms with Crippen molar-refractivity contribution >= 4 is 35.3 Å². The SMILES string of the molecule is C=CCn1c(=S)n([C@@H]2O[C@H](COC(C)=O)[C@H]3OC(C)(C)O[C@H]32)c2nc(N)[nH]c(=O)c21. The fourth-order valence-corrected chi connectivity index (χ4v) is 4.28. The average Bonchev–Trinajstić information content (AvgIpc) is 3.21. The van der Waals surface area contributed by atoms with Gasteiger partial charge < -0.3 is 29.2 Å². The van der Waals surface area contributed by atoms with Gasteiger partial charge in [0.05, 0.1) is 0 Å². The number of imidazole rings is 1. The molecule has 4 heterocycles. The Bertz CT molecular complexity index is 1130. The molecule has 2 aromatic rings. The summed E-state index contributed by atoms with van der Waals surface area (Å²) < 4.78 is 26.9. The van der Waals surface area contributed by atoms with Crippen LogP contribution < -0.4 is 11.3 Å². The first-order valence-corrected chi connectivity index (χ1v) is 9.79. The second-order valence-corrected chi connectivity index (χ2v) is 7.97. The van der Waals surface area contributed by atoms with Crippen LogP contribution in [0, 0.1) is 4.77 Å². The van der Waals surface area contributed by atoms with E-state index in [4.69, 9.17) is 36.9 Å². The highest BCUT2D eigenvalue weighted by atomic mass is 32.1. The standard InChI is InChI=1S/C18H23N5O6S/c1-5-6-22-10-13(20-16(19)21-14(10)25)23(17(22)30)15-12-11(28-18(3,4)29-12)9(27-15)7-26-8(2)24/h5,9,11-12,15H,1,6-7H2,2-4H3,(H3,19,20,21,25)/t9-,11-,12-,15-/m1/s1. The van der Waals surface area contributed by atoms with Gasteiger partial charge >= 0.3 is 5.97 Å². The second-order valence-electron chi connectivity index (χ2n) is 7.61. The Morgan fingerprint density at radius 2 is 2.13 bits per heavy atom. The first-order valence-electron chi connectivity index (χ1n) is 9.39. The van der Waals surface area contributed by atoms with E-state index in [9.17, 15) is 9.59 Å². The number of nitrogens with one attached hydrogen (secondary N) is 1. The number of carbonyl (C=O) groups is 1. The van der Waals surface area contributed by atoms with Crippen molar-refractivity contribution in [3.05, 3.63) is 27.8 Å². The molecule has 12 heteroatoms. The third-order valence-corrected chi connectivity index (χ3v) is 5.39. The number of hydrogen-bond donors (Lipinski definition) is 2. The number of rotatable bonds is 5. The lowest BCUT2D eigenvalue weighted by atomic mass is 10.1. The maximum Gasteiger partial charge on any atom is 0.302 e. The fraction of sp³-hybridized carbons (Fsp3) is 0.556. The van der Waals surface area contributed by atoms with Crippen molar-refractivity contribution in [3.8, 4) is 0 Å². The molecule has 0 aliphatic carbocycles. The lowest BCUT2D eigenvalue weighted by Crippen LogP contribution is -2.33. The first kappa shape index (κ1) is 20.7. The van der Waals surface area contributed by atoms with Crippen molar-refractivity contribution in [2.24, 2.45) is 0 Å². The highest BCUT2D eigenvalue weighted by Gasteiger charge is 2.56. The van der Waals surface area contributed by atoms with E-state index in [0.29, 0.717) is 4.77 Å². The van der Waals surface area contributed by atoms with Gasteiger partial charge in [0.1, 0.15) is 24.9 Å². The summed E-state index contributed by atoms with van der Waals surface area (Å²) in [5.41, 5.74) is 5.86. The molecular formula is C18H23N5O6S. The minimum Gasteiger partial charge on any atom is -0.463 e. The monoisotopic (exact) mass is 437 g/mol. The van der Waals surface area contributed by atoms with E-state index in [2.05, 4.69) is 16.5 Å². The largest absolute Gasteiger partial charge is 0.463 e. The van der Waals surface area contributed by atoms with Crippen molar-refractivity contribution in [3.63, 3.8) is 0 Å². The fourth-order valence-electron chi connectivity index (χ4n) is 3.93. The van der Waals surface area contributed by atoms with Crippen LogP contribution in [-0.2, 0) is 30.3 Å². The molecule has 0 unspecified atom stereocenters. The number of allylic oxidation sites excluding steroid dienone is 1. The molecule has 2 aromatic heterocycles. The Morgan fingerprint density at radius 1 is 1.43 bits per heavy atom. The molecule has 0 bridgehead atoms. The number of aromatic nitrogens is 4. The summed E-state index contributed by atoms with van der Waals surface area (Å²) in [6.07, 6.45) is -0.826. The molecular weight excluding hydrogens is 414 g/mol. The van der Waals surface area contributed by atoms with Crippen LogP contribution in [0.4, 0.5) is 5.95 Å². The van der Waals surface area contributed by atoms with Gasteiger partial charge in [-0.3, -0.25) is 19.1 Å². The quantitative estimate of drug-likeness (QED) is 0.399. The Kier molecular flexibility index (Phi) is 5.04. The molecule has 3 N–H and O–H groups in total. The Labute approximate surface area is 176 Å². The average molecular weight is 437 g/mol. The van der Waals surface area contributed by atoms with Crippen molar-refractivity contribution in [2.45, 2.75) is 57.6 Å². The van der Waals surface area contributed by atoms with Gasteiger partial charge in [-0.1, -0.05) is 6.08 Å². The highest BCUT2D eigenvalue weighted by molar-refractivity contribution is 7.71. The number of fused-ring (bicyclic) bond motifs is 2. The molecule has 2 aliphatic heterocycles. The maximum atomic E-state index is 12.6. The molecule has 4 rings (SSSR count). The number of nitrogens with two attached hydrogens (primary N) is 1. The third kappa shape index (κ3) is 3.35. The van der Waals surface area contributed by atoms with Crippen LogP contribution in [0.1, 0.15) is 27.0 Å². The van der Waals surface area contributed by atoms with E-state index in [1.54, 1.807) is 29.1 Å². The van der Waals surface area contributed by atoms with Gasteiger partial charge in [0, 0.05) is 13.5 Å². The first-order chi connectivity index (χ1) is 14.1. The Hall–Kier alpha value is -2.54. The number of hydrogen-bond acceptors (Lipinski definition) is 9. The van der Waals surface area contributed by atoms with Crippen LogP contribution in [0.2, 0.25) is 0 Å². The molecule has 0 amide bonds. The van der Waals surface area contributed by atoms with Gasteiger partial charge in [-0.2, -0.15) is 4.98 Å². The number of anilines is 1. The summed E-state index contributed by atoms with van der Waals surface area (Å²) in [7, 11) is 0. The number of carbonyl (C=O) groups excluding carboxylic acids is 1. The lowest BCUT2D eigenvalue weighted by Gasteiger charge is -2.24. The van der Waals surface area contributed by atoms with Crippen molar-refractivity contribution in [1.82, 2.24) is 19.1 Å². The number of aromatic amines is 1. The van der Waals surface area contributed by atoms with E-state index < -0.39 is 41.9 Å². The van der Waals surface area contributed by atoms with Gasteiger partial charge in [-0.15, -0.1) is 6.58 Å². The van der Waals surface area contributed by atoms with E-state index >= 15 is 0 Å². The zero-order valence-corrected chi connectivity index (χ0v) is 17.6. The smallest absolute Gasteiger partial charge is 0.302 e. The number of ether oxygens (including phenoxy) is 4. The maximum absolute atomic E-state index is 12.6. The van der Waals surface area contributed by atoms with Gasteiger partial charge in [-0.25, -0.2) is 0 Å². The molecule has 0 spiro atoms. The normalized spacial score (nSPS) is 27.3. The van der Waals surface area contributed by atoms with Crippen LogP contribution in [0.3, 0.4) is 0 Å². The zero-order chi connectivity index (χ0) is 21.8. The van der Waals surface area contributed by atoms with E-state index in [-0.39, 0.29) is 30.3 Å². The molecule has 0 saturated carbocycles. The van der Waals surface area contributed by atoms with Crippen LogP contribution in [0.15, 0.2) is 17.4 Å². The summed E-state index contributed by atoms with van der Waals surface area (Å²) in [5.74, 6) is -1.36. The predicted octanol–water partition coefficient (Wildman–Crippen LogP) is 1.00. The number of nitrogen functional groups attached to an aromatic ring is 1. The summed E-state index contributed by atoms with van der Waals surface area (Å²) in [4.78, 5) is 30.7. The summed E-state index contributed by atoms with van der Waals surface area (Å²) in [6.45, 7) is 8.89. The van der Waals surface area contributed by atoms with Crippen LogP contribution in [0.25, 0.3) is 11.2 Å². The van der Waals surface area contributed by atoms with E-state index in [1.165, 1.54) is 6.92 Å². The zero-order valence-electron chi connectivity index (χ0n) is 16.8. The minimum absolute atomic E-state index is 0.0127. The van der Waals surface area contributed by atoms with Gasteiger partial charge in [0.25, 0.3) is 5.56 Å².